The fourth-order valence-corrected chi connectivity index (χ4v) is 3.05. The highest BCUT2D eigenvalue weighted by Crippen LogP contribution is 2.25. The number of anilines is 1. The maximum absolute atomic E-state index is 3.58. The number of aryl methyl sites for hydroxylation is 1. The molecule has 1 N–H and O–H groups in total. The lowest BCUT2D eigenvalue weighted by molar-refractivity contribution is 0.880. The van der Waals surface area contributed by atoms with Crippen LogP contribution >= 0.6 is 34.4 Å². The van der Waals surface area contributed by atoms with Crippen LogP contribution in [0.15, 0.2) is 47.4 Å². The van der Waals surface area contributed by atoms with Crippen LogP contribution in [0, 0.1) is 10.5 Å². The Balaban J connectivity index is 2.13. The minimum absolute atomic E-state index is 0.315. The smallest absolute Gasteiger partial charge is 0.0485 e. The second-order valence-electron chi connectivity index (χ2n) is 4.60. The molecule has 0 saturated carbocycles. The van der Waals surface area contributed by atoms with Gasteiger partial charge in [-0.2, -0.15) is 0 Å². The van der Waals surface area contributed by atoms with Gasteiger partial charge in [0.05, 0.1) is 0 Å². The van der Waals surface area contributed by atoms with Crippen LogP contribution in [0.25, 0.3) is 0 Å². The average molecular weight is 383 g/mol. The second kappa shape index (κ2) is 6.66. The van der Waals surface area contributed by atoms with Crippen LogP contribution in [0.5, 0.6) is 0 Å². The van der Waals surface area contributed by atoms with E-state index in [0.29, 0.717) is 6.04 Å². The predicted octanol–water partition coefficient (Wildman–Crippen LogP) is 5.49. The third-order valence-corrected chi connectivity index (χ3v) is 4.59. The minimum Gasteiger partial charge on any atom is -0.378 e. The van der Waals surface area contributed by atoms with E-state index >= 15 is 0 Å². The Morgan fingerprint density at radius 2 is 1.79 bits per heavy atom. The Morgan fingerprint density at radius 1 is 1.11 bits per heavy atom. The van der Waals surface area contributed by atoms with Gasteiger partial charge in [0.1, 0.15) is 0 Å². The highest BCUT2D eigenvalue weighted by molar-refractivity contribution is 14.1. The van der Waals surface area contributed by atoms with Gasteiger partial charge in [-0.05, 0) is 84.2 Å². The Morgan fingerprint density at radius 3 is 2.37 bits per heavy atom. The summed E-state index contributed by atoms with van der Waals surface area (Å²) in [7, 11) is 0. The van der Waals surface area contributed by atoms with E-state index in [1.54, 1.807) is 11.8 Å². The van der Waals surface area contributed by atoms with Crippen molar-refractivity contribution in [2.24, 2.45) is 0 Å². The molecule has 19 heavy (non-hydrogen) atoms. The zero-order chi connectivity index (χ0) is 13.8. The minimum atomic E-state index is 0.315. The molecule has 0 aliphatic rings. The zero-order valence-corrected chi connectivity index (χ0v) is 14.4. The first-order valence-corrected chi connectivity index (χ1v) is 8.57. The topological polar surface area (TPSA) is 12.0 Å². The molecule has 1 nitrogen and oxygen atoms in total. The zero-order valence-electron chi connectivity index (χ0n) is 11.4. The highest BCUT2D eigenvalue weighted by atomic mass is 127. The van der Waals surface area contributed by atoms with Crippen LogP contribution in [-0.2, 0) is 0 Å². The van der Waals surface area contributed by atoms with E-state index in [2.05, 4.69) is 90.5 Å². The number of nitrogens with one attached hydrogen (secondary N) is 1. The largest absolute Gasteiger partial charge is 0.378 e. The van der Waals surface area contributed by atoms with Crippen molar-refractivity contribution in [2.75, 3.05) is 11.6 Å². The summed E-state index contributed by atoms with van der Waals surface area (Å²) in [4.78, 5) is 1.31. The lowest BCUT2D eigenvalue weighted by atomic mass is 10.1. The van der Waals surface area contributed by atoms with Gasteiger partial charge in [-0.1, -0.05) is 12.1 Å². The first-order chi connectivity index (χ1) is 9.10. The van der Waals surface area contributed by atoms with Gasteiger partial charge in [-0.3, -0.25) is 0 Å². The number of hydrogen-bond donors (Lipinski definition) is 1. The molecule has 0 aromatic heterocycles. The van der Waals surface area contributed by atoms with Crippen molar-refractivity contribution in [3.8, 4) is 0 Å². The van der Waals surface area contributed by atoms with Crippen molar-refractivity contribution in [2.45, 2.75) is 24.8 Å². The Labute approximate surface area is 133 Å². The fourth-order valence-electron chi connectivity index (χ4n) is 2.00. The molecular formula is C16H18INS. The summed E-state index contributed by atoms with van der Waals surface area (Å²) >= 11 is 4.12. The van der Waals surface area contributed by atoms with Gasteiger partial charge in [0.15, 0.2) is 0 Å². The van der Waals surface area contributed by atoms with Crippen LogP contribution in [-0.4, -0.2) is 6.26 Å². The molecule has 0 fully saturated rings. The Kier molecular flexibility index (Phi) is 5.16. The fraction of sp³-hybridized carbons (Fsp3) is 0.250. The van der Waals surface area contributed by atoms with Crippen molar-refractivity contribution in [1.82, 2.24) is 0 Å². The summed E-state index contributed by atoms with van der Waals surface area (Å²) in [5.41, 5.74) is 3.82. The van der Waals surface area contributed by atoms with Crippen LogP contribution in [0.1, 0.15) is 24.1 Å². The van der Waals surface area contributed by atoms with Gasteiger partial charge < -0.3 is 5.32 Å². The first-order valence-electron chi connectivity index (χ1n) is 6.27. The molecule has 2 aromatic carbocycles. The molecular weight excluding hydrogens is 365 g/mol. The highest BCUT2D eigenvalue weighted by Gasteiger charge is 2.07. The third-order valence-electron chi connectivity index (χ3n) is 3.18. The van der Waals surface area contributed by atoms with E-state index < -0.39 is 0 Å². The van der Waals surface area contributed by atoms with E-state index in [-0.39, 0.29) is 0 Å². The molecule has 1 atom stereocenters. The van der Waals surface area contributed by atoms with Crippen molar-refractivity contribution in [3.05, 3.63) is 57.2 Å². The summed E-state index contributed by atoms with van der Waals surface area (Å²) in [6.45, 7) is 4.35. The normalized spacial score (nSPS) is 12.2. The number of benzene rings is 2. The molecule has 0 amide bonds. The Bertz CT molecular complexity index is 551. The third kappa shape index (κ3) is 3.89. The molecule has 1 unspecified atom stereocenters. The van der Waals surface area contributed by atoms with Crippen molar-refractivity contribution >= 4 is 40.0 Å². The summed E-state index contributed by atoms with van der Waals surface area (Å²) in [6.07, 6.45) is 2.10. The molecule has 100 valence electrons. The van der Waals surface area contributed by atoms with E-state index in [4.69, 9.17) is 0 Å². The summed E-state index contributed by atoms with van der Waals surface area (Å²) < 4.78 is 1.28. The lowest BCUT2D eigenvalue weighted by Crippen LogP contribution is -2.07. The van der Waals surface area contributed by atoms with E-state index in [0.717, 1.165) is 0 Å². The summed E-state index contributed by atoms with van der Waals surface area (Å²) in [5.74, 6) is 0. The van der Waals surface area contributed by atoms with Gasteiger partial charge in [0, 0.05) is 20.2 Å². The maximum Gasteiger partial charge on any atom is 0.0485 e. The molecule has 0 heterocycles. The SMILES string of the molecule is CSc1ccc(C(C)Nc2ccc(I)cc2C)cc1. The van der Waals surface area contributed by atoms with E-state index in [1.165, 1.54) is 25.3 Å². The number of halogens is 1. The quantitative estimate of drug-likeness (QED) is 0.553. The Hall–Kier alpha value is -0.680. The van der Waals surface area contributed by atoms with Gasteiger partial charge >= 0.3 is 0 Å². The molecule has 0 spiro atoms. The van der Waals surface area contributed by atoms with Crippen LogP contribution in [0.2, 0.25) is 0 Å². The average Bonchev–Trinajstić information content (AvgIpc) is 2.42. The molecule has 0 bridgehead atoms. The molecule has 0 saturated heterocycles. The number of hydrogen-bond acceptors (Lipinski definition) is 2. The van der Waals surface area contributed by atoms with Crippen molar-refractivity contribution in [1.29, 1.82) is 0 Å². The maximum atomic E-state index is 3.58. The molecule has 0 aliphatic heterocycles. The second-order valence-corrected chi connectivity index (χ2v) is 6.72. The first kappa shape index (κ1) is 14.7. The monoisotopic (exact) mass is 383 g/mol. The standard InChI is InChI=1S/C16H18INS/c1-11-10-14(17)6-9-16(11)18-12(2)13-4-7-15(19-3)8-5-13/h4-10,12,18H,1-3H3. The van der Waals surface area contributed by atoms with Crippen LogP contribution in [0.3, 0.4) is 0 Å². The molecule has 0 radical (unpaired) electrons. The van der Waals surface area contributed by atoms with Crippen LogP contribution in [0.4, 0.5) is 5.69 Å². The number of rotatable bonds is 4. The summed E-state index contributed by atoms with van der Waals surface area (Å²) in [5, 5.41) is 3.58. The van der Waals surface area contributed by atoms with Crippen molar-refractivity contribution < 1.29 is 0 Å². The number of thioether (sulfide) groups is 1. The molecule has 2 aromatic rings. The lowest BCUT2D eigenvalue weighted by Gasteiger charge is -2.18. The van der Waals surface area contributed by atoms with E-state index in [9.17, 15) is 0 Å². The van der Waals surface area contributed by atoms with Gasteiger partial charge in [0.2, 0.25) is 0 Å². The molecule has 0 aliphatic carbocycles. The van der Waals surface area contributed by atoms with Gasteiger partial charge in [-0.15, -0.1) is 11.8 Å². The van der Waals surface area contributed by atoms with Gasteiger partial charge in [0.25, 0.3) is 0 Å². The summed E-state index contributed by atoms with van der Waals surface area (Å²) in [6, 6.07) is 15.6. The molecule has 3 heteroatoms. The van der Waals surface area contributed by atoms with Gasteiger partial charge in [-0.25, -0.2) is 0 Å². The predicted molar refractivity (Wildman–Crippen MR) is 94.2 cm³/mol. The van der Waals surface area contributed by atoms with E-state index in [1.807, 2.05) is 0 Å². The van der Waals surface area contributed by atoms with Crippen LogP contribution < -0.4 is 5.32 Å². The molecule has 2 rings (SSSR count). The van der Waals surface area contributed by atoms with Crippen molar-refractivity contribution in [3.63, 3.8) is 0 Å².